The minimum absolute atomic E-state index is 0.174. The van der Waals surface area contributed by atoms with Gasteiger partial charge in [-0.15, -0.1) is 0 Å². The fourth-order valence-corrected chi connectivity index (χ4v) is 3.95. The highest BCUT2D eigenvalue weighted by atomic mass is 16.5. The van der Waals surface area contributed by atoms with Gasteiger partial charge in [0.05, 0.1) is 5.69 Å². The van der Waals surface area contributed by atoms with Gasteiger partial charge in [-0.25, -0.2) is 4.68 Å². The number of hydrogen-bond acceptors (Lipinski definition) is 4. The Balaban J connectivity index is 1.46. The number of para-hydroxylation sites is 1. The maximum absolute atomic E-state index is 13.1. The molecular weight excluding hydrogens is 404 g/mol. The molecule has 2 amide bonds. The molecule has 1 heterocycles. The highest BCUT2D eigenvalue weighted by molar-refractivity contribution is 6.05. The number of aromatic nitrogens is 2. The van der Waals surface area contributed by atoms with Gasteiger partial charge in [-0.1, -0.05) is 24.3 Å². The Labute approximate surface area is 187 Å². The molecule has 0 unspecified atom stereocenters. The van der Waals surface area contributed by atoms with Crippen LogP contribution in [0.3, 0.4) is 0 Å². The number of carbonyl (C=O) groups excluding carboxylic acids is 2. The highest BCUT2D eigenvalue weighted by Crippen LogP contribution is 2.28. The lowest BCUT2D eigenvalue weighted by atomic mass is 10.1. The minimum Gasteiger partial charge on any atom is -0.382 e. The van der Waals surface area contributed by atoms with Gasteiger partial charge in [0.25, 0.3) is 11.8 Å². The number of ether oxygens (including phenoxy) is 1. The van der Waals surface area contributed by atoms with Gasteiger partial charge in [0, 0.05) is 42.3 Å². The Bertz CT molecular complexity index is 1090. The fourth-order valence-electron chi connectivity index (χ4n) is 3.95. The number of benzene rings is 2. The van der Waals surface area contributed by atoms with Crippen molar-refractivity contribution in [1.82, 2.24) is 15.1 Å². The van der Waals surface area contributed by atoms with Gasteiger partial charge in [-0.3, -0.25) is 9.59 Å². The van der Waals surface area contributed by atoms with Crippen molar-refractivity contribution < 1.29 is 14.3 Å². The van der Waals surface area contributed by atoms with E-state index < -0.39 is 0 Å². The van der Waals surface area contributed by atoms with Crippen LogP contribution in [-0.4, -0.2) is 41.4 Å². The van der Waals surface area contributed by atoms with Crippen LogP contribution in [0.1, 0.15) is 51.9 Å². The van der Waals surface area contributed by atoms with E-state index in [4.69, 9.17) is 4.74 Å². The second-order valence-electron chi connectivity index (χ2n) is 7.72. The molecule has 0 fully saturated rings. The summed E-state index contributed by atoms with van der Waals surface area (Å²) in [7, 11) is 0. The van der Waals surface area contributed by atoms with E-state index in [1.54, 1.807) is 24.3 Å². The van der Waals surface area contributed by atoms with Crippen LogP contribution in [-0.2, 0) is 17.6 Å². The Morgan fingerprint density at radius 3 is 2.72 bits per heavy atom. The zero-order valence-electron chi connectivity index (χ0n) is 18.3. The average molecular weight is 433 g/mol. The molecule has 3 aromatic rings. The molecule has 0 radical (unpaired) electrons. The average Bonchev–Trinajstić information content (AvgIpc) is 3.42. The second-order valence-corrected chi connectivity index (χ2v) is 7.72. The van der Waals surface area contributed by atoms with Crippen molar-refractivity contribution in [1.29, 1.82) is 0 Å². The van der Waals surface area contributed by atoms with Gasteiger partial charge < -0.3 is 15.4 Å². The summed E-state index contributed by atoms with van der Waals surface area (Å²) in [6.07, 6.45) is 3.52. The summed E-state index contributed by atoms with van der Waals surface area (Å²) in [6, 6.07) is 16.8. The number of rotatable bonds is 9. The smallest absolute Gasteiger partial charge is 0.276 e. The number of anilines is 1. The van der Waals surface area contributed by atoms with Gasteiger partial charge in [-0.05, 0) is 62.9 Å². The first kappa shape index (κ1) is 21.8. The van der Waals surface area contributed by atoms with E-state index in [2.05, 4.69) is 15.7 Å². The summed E-state index contributed by atoms with van der Waals surface area (Å²) in [6.45, 7) is 3.77. The number of carbonyl (C=O) groups is 2. The summed E-state index contributed by atoms with van der Waals surface area (Å²) in [4.78, 5) is 25.5. The lowest BCUT2D eigenvalue weighted by molar-refractivity contribution is 0.0942. The molecule has 2 N–H and O–H groups in total. The zero-order valence-corrected chi connectivity index (χ0v) is 18.3. The van der Waals surface area contributed by atoms with E-state index >= 15 is 0 Å². The van der Waals surface area contributed by atoms with Crippen LogP contribution >= 0.6 is 0 Å². The Hall–Kier alpha value is -3.45. The molecule has 0 saturated carbocycles. The first-order chi connectivity index (χ1) is 15.7. The molecule has 166 valence electrons. The number of fused-ring (bicyclic) bond motifs is 1. The van der Waals surface area contributed by atoms with Gasteiger partial charge in [0.1, 0.15) is 0 Å². The molecule has 4 rings (SSSR count). The van der Waals surface area contributed by atoms with E-state index in [0.717, 1.165) is 42.6 Å². The third kappa shape index (κ3) is 4.89. The SMILES string of the molecule is CCOCCCNC(=O)c1cccc(NC(=O)c2nn(-c3ccccc3)c3c2CCC3)c1. The molecule has 2 aromatic carbocycles. The van der Waals surface area contributed by atoms with Gasteiger partial charge >= 0.3 is 0 Å². The zero-order chi connectivity index (χ0) is 22.3. The van der Waals surface area contributed by atoms with Gasteiger partial charge in [0.2, 0.25) is 0 Å². The molecule has 7 nitrogen and oxygen atoms in total. The molecule has 1 aliphatic carbocycles. The predicted molar refractivity (Wildman–Crippen MR) is 123 cm³/mol. The normalized spacial score (nSPS) is 12.4. The lowest BCUT2D eigenvalue weighted by Gasteiger charge is -2.08. The Morgan fingerprint density at radius 1 is 1.06 bits per heavy atom. The van der Waals surface area contributed by atoms with Crippen LogP contribution in [0, 0.1) is 0 Å². The molecule has 1 aromatic heterocycles. The summed E-state index contributed by atoms with van der Waals surface area (Å²) >= 11 is 0. The maximum Gasteiger partial charge on any atom is 0.276 e. The van der Waals surface area contributed by atoms with E-state index in [9.17, 15) is 9.59 Å². The van der Waals surface area contributed by atoms with E-state index in [1.807, 2.05) is 41.9 Å². The molecule has 0 saturated heterocycles. The first-order valence-corrected chi connectivity index (χ1v) is 11.1. The van der Waals surface area contributed by atoms with Crippen molar-refractivity contribution in [3.05, 3.63) is 77.1 Å². The lowest BCUT2D eigenvalue weighted by Crippen LogP contribution is -2.25. The first-order valence-electron chi connectivity index (χ1n) is 11.1. The van der Waals surface area contributed by atoms with E-state index in [1.165, 1.54) is 0 Å². The molecule has 32 heavy (non-hydrogen) atoms. The van der Waals surface area contributed by atoms with Crippen LogP contribution in [0.15, 0.2) is 54.6 Å². The van der Waals surface area contributed by atoms with Crippen molar-refractivity contribution in [2.75, 3.05) is 25.1 Å². The number of amides is 2. The molecular formula is C25H28N4O3. The quantitative estimate of drug-likeness (QED) is 0.504. The topological polar surface area (TPSA) is 85.2 Å². The largest absolute Gasteiger partial charge is 0.382 e. The van der Waals surface area contributed by atoms with Crippen molar-refractivity contribution in [2.45, 2.75) is 32.6 Å². The number of hydrogen-bond donors (Lipinski definition) is 2. The van der Waals surface area contributed by atoms with Crippen molar-refractivity contribution in [3.63, 3.8) is 0 Å². The maximum atomic E-state index is 13.1. The molecule has 0 aliphatic heterocycles. The molecule has 0 atom stereocenters. The Morgan fingerprint density at radius 2 is 1.91 bits per heavy atom. The summed E-state index contributed by atoms with van der Waals surface area (Å²) < 4.78 is 7.16. The molecule has 7 heteroatoms. The van der Waals surface area contributed by atoms with Crippen LogP contribution in [0.25, 0.3) is 5.69 Å². The third-order valence-corrected chi connectivity index (χ3v) is 5.48. The fraction of sp³-hybridized carbons (Fsp3) is 0.320. The van der Waals surface area contributed by atoms with Crippen LogP contribution in [0.2, 0.25) is 0 Å². The van der Waals surface area contributed by atoms with Crippen molar-refractivity contribution in [3.8, 4) is 5.69 Å². The number of nitrogens with zero attached hydrogens (tertiary/aromatic N) is 2. The molecule has 0 spiro atoms. The summed E-state index contributed by atoms with van der Waals surface area (Å²) in [5.41, 5.74) is 4.58. The summed E-state index contributed by atoms with van der Waals surface area (Å²) in [5, 5.41) is 10.4. The van der Waals surface area contributed by atoms with Crippen molar-refractivity contribution >= 4 is 17.5 Å². The monoisotopic (exact) mass is 432 g/mol. The van der Waals surface area contributed by atoms with E-state index in [-0.39, 0.29) is 11.8 Å². The standard InChI is InChI=1S/C25H28N4O3/c1-2-32-16-8-15-26-24(30)18-9-6-10-19(17-18)27-25(31)23-21-13-7-14-22(21)29(28-23)20-11-4-3-5-12-20/h3-6,9-12,17H,2,7-8,13-16H2,1H3,(H,26,30)(H,27,31). The van der Waals surface area contributed by atoms with Gasteiger partial charge in [0.15, 0.2) is 5.69 Å². The third-order valence-electron chi connectivity index (χ3n) is 5.48. The van der Waals surface area contributed by atoms with Crippen molar-refractivity contribution in [2.24, 2.45) is 0 Å². The van der Waals surface area contributed by atoms with E-state index in [0.29, 0.717) is 36.7 Å². The van der Waals surface area contributed by atoms with Crippen LogP contribution < -0.4 is 10.6 Å². The second kappa shape index (κ2) is 10.2. The van der Waals surface area contributed by atoms with Crippen LogP contribution in [0.4, 0.5) is 5.69 Å². The van der Waals surface area contributed by atoms with Crippen LogP contribution in [0.5, 0.6) is 0 Å². The Kier molecular flexibility index (Phi) is 6.97. The predicted octanol–water partition coefficient (Wildman–Crippen LogP) is 3.77. The molecule has 1 aliphatic rings. The number of nitrogens with one attached hydrogen (secondary N) is 2. The molecule has 0 bridgehead atoms. The van der Waals surface area contributed by atoms with Gasteiger partial charge in [-0.2, -0.15) is 5.10 Å². The minimum atomic E-state index is -0.257. The summed E-state index contributed by atoms with van der Waals surface area (Å²) in [5.74, 6) is -0.432. The highest BCUT2D eigenvalue weighted by Gasteiger charge is 2.27.